The van der Waals surface area contributed by atoms with Crippen molar-refractivity contribution in [3.8, 4) is 0 Å². The maximum Gasteiger partial charge on any atom is 0.323 e. The summed E-state index contributed by atoms with van der Waals surface area (Å²) in [5.41, 5.74) is 1.48. The number of aromatic nitrogens is 2. The van der Waals surface area contributed by atoms with Gasteiger partial charge >= 0.3 is 5.97 Å². The molecule has 6 nitrogen and oxygen atoms in total. The fourth-order valence-corrected chi connectivity index (χ4v) is 1.45. The average molecular weight is 239 g/mol. The molecule has 94 valence electrons. The molecule has 0 aliphatic carbocycles. The molecule has 0 saturated heterocycles. The van der Waals surface area contributed by atoms with Crippen LogP contribution in [0.25, 0.3) is 0 Å². The lowest BCUT2D eigenvalue weighted by Gasteiger charge is -2.22. The van der Waals surface area contributed by atoms with Crippen LogP contribution in [0.1, 0.15) is 11.4 Å². The molecule has 0 aromatic carbocycles. The van der Waals surface area contributed by atoms with E-state index in [2.05, 4.69) is 9.97 Å². The van der Waals surface area contributed by atoms with Gasteiger partial charge in [0.25, 0.3) is 0 Å². The number of ether oxygens (including phenoxy) is 1. The second-order valence-electron chi connectivity index (χ2n) is 3.73. The van der Waals surface area contributed by atoms with Crippen molar-refractivity contribution in [2.75, 3.05) is 31.7 Å². The van der Waals surface area contributed by atoms with Crippen LogP contribution >= 0.6 is 0 Å². The van der Waals surface area contributed by atoms with Gasteiger partial charge in [0, 0.05) is 19.9 Å². The Kier molecular flexibility index (Phi) is 4.84. The minimum atomic E-state index is -0.899. The maximum atomic E-state index is 10.8. The van der Waals surface area contributed by atoms with Crippen LogP contribution in [0.15, 0.2) is 6.20 Å². The van der Waals surface area contributed by atoms with Crippen LogP contribution in [0, 0.1) is 13.8 Å². The van der Waals surface area contributed by atoms with Crippen LogP contribution in [0.2, 0.25) is 0 Å². The molecule has 0 atom stereocenters. The summed E-state index contributed by atoms with van der Waals surface area (Å²) in [6, 6.07) is 0. The predicted octanol–water partition coefficient (Wildman–Crippen LogP) is 0.631. The molecule has 0 bridgehead atoms. The van der Waals surface area contributed by atoms with Gasteiger partial charge in [-0.05, 0) is 13.8 Å². The van der Waals surface area contributed by atoms with Crippen molar-refractivity contribution in [2.24, 2.45) is 0 Å². The Morgan fingerprint density at radius 2 is 2.24 bits per heavy atom. The molecular formula is C11H17N3O3. The highest BCUT2D eigenvalue weighted by molar-refractivity contribution is 5.73. The molecule has 0 amide bonds. The van der Waals surface area contributed by atoms with Crippen LogP contribution in [0.5, 0.6) is 0 Å². The van der Waals surface area contributed by atoms with Gasteiger partial charge in [-0.1, -0.05) is 0 Å². The Balaban J connectivity index is 2.93. The third-order valence-corrected chi connectivity index (χ3v) is 2.24. The first-order valence-electron chi connectivity index (χ1n) is 5.30. The maximum absolute atomic E-state index is 10.8. The Morgan fingerprint density at radius 1 is 1.53 bits per heavy atom. The Hall–Kier alpha value is -1.69. The molecule has 0 unspecified atom stereocenters. The third-order valence-electron chi connectivity index (χ3n) is 2.24. The van der Waals surface area contributed by atoms with Gasteiger partial charge in [-0.15, -0.1) is 0 Å². The van der Waals surface area contributed by atoms with Crippen LogP contribution in [0.4, 0.5) is 5.82 Å². The number of carbonyl (C=O) groups is 1. The summed E-state index contributed by atoms with van der Waals surface area (Å²) in [6.07, 6.45) is 1.66. The first-order chi connectivity index (χ1) is 8.04. The molecule has 1 rings (SSSR count). The monoisotopic (exact) mass is 239 g/mol. The summed E-state index contributed by atoms with van der Waals surface area (Å²) in [7, 11) is 1.58. The molecule has 1 heterocycles. The van der Waals surface area contributed by atoms with E-state index in [1.165, 1.54) is 0 Å². The van der Waals surface area contributed by atoms with E-state index in [1.807, 2.05) is 13.8 Å². The number of nitrogens with zero attached hydrogens (tertiary/aromatic N) is 3. The lowest BCUT2D eigenvalue weighted by atomic mass is 10.3. The molecule has 1 N–H and O–H groups in total. The highest BCUT2D eigenvalue weighted by Gasteiger charge is 2.15. The molecule has 0 spiro atoms. The third kappa shape index (κ3) is 3.99. The van der Waals surface area contributed by atoms with Gasteiger partial charge in [-0.25, -0.2) is 4.98 Å². The number of hydrogen-bond donors (Lipinski definition) is 1. The fraction of sp³-hybridized carbons (Fsp3) is 0.545. The van der Waals surface area contributed by atoms with E-state index in [1.54, 1.807) is 18.2 Å². The first-order valence-corrected chi connectivity index (χ1v) is 5.30. The molecular weight excluding hydrogens is 222 g/mol. The van der Waals surface area contributed by atoms with Crippen molar-refractivity contribution in [1.82, 2.24) is 9.97 Å². The zero-order valence-electron chi connectivity index (χ0n) is 10.3. The van der Waals surface area contributed by atoms with Gasteiger partial charge in [0.15, 0.2) is 5.82 Å². The first kappa shape index (κ1) is 13.4. The number of aliphatic carboxylic acids is 1. The number of carboxylic acid groups (broad SMARTS) is 1. The van der Waals surface area contributed by atoms with E-state index < -0.39 is 5.97 Å². The van der Waals surface area contributed by atoms with Crippen LogP contribution in [-0.2, 0) is 9.53 Å². The van der Waals surface area contributed by atoms with Crippen LogP contribution in [0.3, 0.4) is 0 Å². The zero-order valence-corrected chi connectivity index (χ0v) is 10.3. The minimum Gasteiger partial charge on any atom is -0.480 e. The molecule has 0 aliphatic heterocycles. The SMILES string of the molecule is COCCN(CC(=O)O)c1nc(C)cnc1C. The number of carboxylic acids is 1. The number of methoxy groups -OCH3 is 1. The van der Waals surface area contributed by atoms with Gasteiger partial charge in [0.2, 0.25) is 0 Å². The topological polar surface area (TPSA) is 75.5 Å². The van der Waals surface area contributed by atoms with Crippen molar-refractivity contribution < 1.29 is 14.6 Å². The van der Waals surface area contributed by atoms with E-state index >= 15 is 0 Å². The Bertz CT molecular complexity index is 396. The van der Waals surface area contributed by atoms with Gasteiger partial charge in [-0.2, -0.15) is 0 Å². The van der Waals surface area contributed by atoms with Crippen molar-refractivity contribution in [3.05, 3.63) is 17.6 Å². The van der Waals surface area contributed by atoms with E-state index in [9.17, 15) is 4.79 Å². The molecule has 0 radical (unpaired) electrons. The highest BCUT2D eigenvalue weighted by Crippen LogP contribution is 2.14. The normalized spacial score (nSPS) is 10.3. The fourth-order valence-electron chi connectivity index (χ4n) is 1.45. The number of hydrogen-bond acceptors (Lipinski definition) is 5. The molecule has 0 aliphatic rings. The zero-order chi connectivity index (χ0) is 12.8. The van der Waals surface area contributed by atoms with E-state index in [0.29, 0.717) is 24.7 Å². The number of aryl methyl sites for hydroxylation is 2. The Labute approximate surface area is 100 Å². The summed E-state index contributed by atoms with van der Waals surface area (Å²) in [6.45, 7) is 4.45. The molecule has 17 heavy (non-hydrogen) atoms. The largest absolute Gasteiger partial charge is 0.480 e. The van der Waals surface area contributed by atoms with Crippen molar-refractivity contribution in [2.45, 2.75) is 13.8 Å². The van der Waals surface area contributed by atoms with E-state index in [0.717, 1.165) is 5.69 Å². The predicted molar refractivity (Wildman–Crippen MR) is 63.2 cm³/mol. The van der Waals surface area contributed by atoms with Gasteiger partial charge < -0.3 is 14.7 Å². The van der Waals surface area contributed by atoms with E-state index in [-0.39, 0.29) is 6.54 Å². The Morgan fingerprint density at radius 3 is 2.82 bits per heavy atom. The summed E-state index contributed by atoms with van der Waals surface area (Å²) in [4.78, 5) is 21.0. The summed E-state index contributed by atoms with van der Waals surface area (Å²) < 4.78 is 4.96. The van der Waals surface area contributed by atoms with Gasteiger partial charge in [0.05, 0.1) is 18.0 Å². The van der Waals surface area contributed by atoms with Crippen molar-refractivity contribution >= 4 is 11.8 Å². The van der Waals surface area contributed by atoms with Gasteiger partial charge in [-0.3, -0.25) is 9.78 Å². The minimum absolute atomic E-state index is 0.109. The second-order valence-corrected chi connectivity index (χ2v) is 3.73. The molecule has 0 saturated carbocycles. The standard InChI is InChI=1S/C11H17N3O3/c1-8-6-12-9(2)11(13-8)14(4-5-17-3)7-10(15)16/h6H,4-5,7H2,1-3H3,(H,15,16). The average Bonchev–Trinajstić information content (AvgIpc) is 2.27. The van der Waals surface area contributed by atoms with E-state index in [4.69, 9.17) is 9.84 Å². The molecule has 0 fully saturated rings. The van der Waals surface area contributed by atoms with Crippen LogP contribution < -0.4 is 4.90 Å². The van der Waals surface area contributed by atoms with Crippen molar-refractivity contribution in [1.29, 1.82) is 0 Å². The molecule has 1 aromatic heterocycles. The summed E-state index contributed by atoms with van der Waals surface area (Å²) >= 11 is 0. The van der Waals surface area contributed by atoms with Crippen molar-refractivity contribution in [3.63, 3.8) is 0 Å². The smallest absolute Gasteiger partial charge is 0.323 e. The lowest BCUT2D eigenvalue weighted by Crippen LogP contribution is -2.34. The summed E-state index contributed by atoms with van der Waals surface area (Å²) in [5, 5.41) is 8.87. The number of anilines is 1. The quantitative estimate of drug-likeness (QED) is 0.784. The molecule has 6 heteroatoms. The molecule has 1 aromatic rings. The highest BCUT2D eigenvalue weighted by atomic mass is 16.5. The van der Waals surface area contributed by atoms with Crippen LogP contribution in [-0.4, -0.2) is 47.8 Å². The summed E-state index contributed by atoms with van der Waals surface area (Å²) in [5.74, 6) is -0.298. The second kappa shape index (κ2) is 6.15. The van der Waals surface area contributed by atoms with Gasteiger partial charge in [0.1, 0.15) is 6.54 Å². The lowest BCUT2D eigenvalue weighted by molar-refractivity contribution is -0.135. The number of rotatable bonds is 6.